The Morgan fingerprint density at radius 2 is 1.82 bits per heavy atom. The van der Waals surface area contributed by atoms with Crippen molar-refractivity contribution in [2.75, 3.05) is 7.05 Å². The highest BCUT2D eigenvalue weighted by molar-refractivity contribution is 5.77. The second-order valence-electron chi connectivity index (χ2n) is 6.12. The molecule has 2 rings (SSSR count). The molecule has 3 nitrogen and oxygen atoms in total. The predicted octanol–water partition coefficient (Wildman–Crippen LogP) is 2.15. The Hall–Kier alpha value is -0.570. The van der Waals surface area contributed by atoms with Crippen LogP contribution in [0.5, 0.6) is 0 Å². The molecular formula is C14H26N2O. The number of rotatable bonds is 4. The molecule has 1 atom stereocenters. The molecule has 0 aromatic carbocycles. The summed E-state index contributed by atoms with van der Waals surface area (Å²) in [6, 6.07) is 0.567. The van der Waals surface area contributed by atoms with Crippen LogP contribution < -0.4 is 5.73 Å². The third kappa shape index (κ3) is 3.44. The molecule has 0 aromatic rings. The van der Waals surface area contributed by atoms with E-state index in [4.69, 9.17) is 5.73 Å². The average Bonchev–Trinajstić information content (AvgIpc) is 3.12. The number of carbonyl (C=O) groups is 1. The monoisotopic (exact) mass is 238 g/mol. The van der Waals surface area contributed by atoms with E-state index in [1.54, 1.807) is 0 Å². The minimum absolute atomic E-state index is 0.104. The first-order chi connectivity index (χ1) is 8.08. The molecule has 0 radical (unpaired) electrons. The predicted molar refractivity (Wildman–Crippen MR) is 69.5 cm³/mol. The van der Waals surface area contributed by atoms with E-state index in [-0.39, 0.29) is 11.9 Å². The van der Waals surface area contributed by atoms with Crippen LogP contribution >= 0.6 is 0 Å². The van der Waals surface area contributed by atoms with Gasteiger partial charge in [-0.15, -0.1) is 0 Å². The van der Waals surface area contributed by atoms with Gasteiger partial charge in [-0.1, -0.05) is 6.92 Å². The van der Waals surface area contributed by atoms with Gasteiger partial charge in [-0.2, -0.15) is 0 Å². The molecule has 17 heavy (non-hydrogen) atoms. The van der Waals surface area contributed by atoms with Crippen LogP contribution in [0, 0.1) is 11.8 Å². The molecule has 2 saturated carbocycles. The molecule has 0 bridgehead atoms. The lowest BCUT2D eigenvalue weighted by atomic mass is 9.86. The van der Waals surface area contributed by atoms with Crippen molar-refractivity contribution in [1.29, 1.82) is 0 Å². The molecule has 0 heterocycles. The Balaban J connectivity index is 1.77. The highest BCUT2D eigenvalue weighted by Gasteiger charge is 2.32. The van der Waals surface area contributed by atoms with Gasteiger partial charge in [-0.05, 0) is 50.4 Å². The largest absolute Gasteiger partial charge is 0.343 e. The molecule has 1 amide bonds. The molecule has 2 N–H and O–H groups in total. The summed E-state index contributed by atoms with van der Waals surface area (Å²) in [5, 5.41) is 0. The second-order valence-corrected chi connectivity index (χ2v) is 6.12. The van der Waals surface area contributed by atoms with Crippen LogP contribution in [0.3, 0.4) is 0 Å². The van der Waals surface area contributed by atoms with E-state index >= 15 is 0 Å². The smallest absolute Gasteiger partial charge is 0.224 e. The van der Waals surface area contributed by atoms with Crippen LogP contribution in [0.2, 0.25) is 0 Å². The summed E-state index contributed by atoms with van der Waals surface area (Å²) in [5.74, 6) is 1.71. The highest BCUT2D eigenvalue weighted by Crippen LogP contribution is 2.33. The standard InChI is InChI=1S/C14H26N2O/c1-10-3-7-12(8-4-10)16(2)14(17)9-13(15)11-5-6-11/h10-13H,3-9,15H2,1-2H3. The van der Waals surface area contributed by atoms with E-state index in [9.17, 15) is 4.79 Å². The highest BCUT2D eigenvalue weighted by atomic mass is 16.2. The number of carbonyl (C=O) groups excluding carboxylic acids is 1. The molecule has 2 aliphatic carbocycles. The molecule has 2 aliphatic rings. The molecule has 0 spiro atoms. The zero-order chi connectivity index (χ0) is 12.4. The zero-order valence-electron chi connectivity index (χ0n) is 11.2. The van der Waals surface area contributed by atoms with Gasteiger partial charge in [0.15, 0.2) is 0 Å². The van der Waals surface area contributed by atoms with Gasteiger partial charge in [-0.3, -0.25) is 4.79 Å². The summed E-state index contributed by atoms with van der Waals surface area (Å²) >= 11 is 0. The number of nitrogens with zero attached hydrogens (tertiary/aromatic N) is 1. The van der Waals surface area contributed by atoms with Gasteiger partial charge >= 0.3 is 0 Å². The summed E-state index contributed by atoms with van der Waals surface area (Å²) in [4.78, 5) is 14.1. The average molecular weight is 238 g/mol. The third-order valence-electron chi connectivity index (χ3n) is 4.56. The molecule has 3 heteroatoms. The summed E-state index contributed by atoms with van der Waals surface area (Å²) in [6.07, 6.45) is 7.85. The van der Waals surface area contributed by atoms with Crippen molar-refractivity contribution in [3.8, 4) is 0 Å². The van der Waals surface area contributed by atoms with Crippen molar-refractivity contribution in [1.82, 2.24) is 4.90 Å². The normalized spacial score (nSPS) is 31.0. The van der Waals surface area contributed by atoms with Crippen LogP contribution in [0.1, 0.15) is 51.9 Å². The number of amides is 1. The fraction of sp³-hybridized carbons (Fsp3) is 0.929. The number of nitrogens with two attached hydrogens (primary N) is 1. The molecule has 2 fully saturated rings. The van der Waals surface area contributed by atoms with E-state index in [2.05, 4.69) is 6.92 Å². The van der Waals surface area contributed by atoms with Crippen LogP contribution in [0.4, 0.5) is 0 Å². The fourth-order valence-corrected chi connectivity index (χ4v) is 2.87. The first kappa shape index (κ1) is 12.9. The summed E-state index contributed by atoms with van der Waals surface area (Å²) in [5.41, 5.74) is 6.02. The van der Waals surface area contributed by atoms with Crippen molar-refractivity contribution < 1.29 is 4.79 Å². The van der Waals surface area contributed by atoms with Crippen LogP contribution in [0.15, 0.2) is 0 Å². The summed E-state index contributed by atoms with van der Waals surface area (Å²) in [7, 11) is 1.96. The quantitative estimate of drug-likeness (QED) is 0.815. The Bertz CT molecular complexity index is 267. The molecule has 98 valence electrons. The lowest BCUT2D eigenvalue weighted by molar-refractivity contribution is -0.133. The van der Waals surface area contributed by atoms with Crippen LogP contribution in [0.25, 0.3) is 0 Å². The van der Waals surface area contributed by atoms with Gasteiger partial charge < -0.3 is 10.6 Å². The van der Waals surface area contributed by atoms with E-state index in [1.807, 2.05) is 11.9 Å². The van der Waals surface area contributed by atoms with Crippen LogP contribution in [-0.4, -0.2) is 29.9 Å². The van der Waals surface area contributed by atoms with E-state index < -0.39 is 0 Å². The summed E-state index contributed by atoms with van der Waals surface area (Å²) in [6.45, 7) is 2.31. The fourth-order valence-electron chi connectivity index (χ4n) is 2.87. The van der Waals surface area contributed by atoms with Gasteiger partial charge in [0.05, 0.1) is 0 Å². The first-order valence-corrected chi connectivity index (χ1v) is 7.09. The zero-order valence-corrected chi connectivity index (χ0v) is 11.2. The topological polar surface area (TPSA) is 46.3 Å². The lowest BCUT2D eigenvalue weighted by Crippen LogP contribution is -2.42. The van der Waals surface area contributed by atoms with Gasteiger partial charge in [0, 0.05) is 25.6 Å². The Morgan fingerprint density at radius 1 is 1.24 bits per heavy atom. The van der Waals surface area contributed by atoms with Crippen molar-refractivity contribution in [2.45, 2.75) is 64.0 Å². The number of hydrogen-bond donors (Lipinski definition) is 1. The van der Waals surface area contributed by atoms with Crippen molar-refractivity contribution in [3.05, 3.63) is 0 Å². The first-order valence-electron chi connectivity index (χ1n) is 7.09. The maximum absolute atomic E-state index is 12.1. The minimum atomic E-state index is 0.104. The SMILES string of the molecule is CC1CCC(N(C)C(=O)CC(N)C2CC2)CC1. The van der Waals surface area contributed by atoms with Crippen molar-refractivity contribution in [2.24, 2.45) is 17.6 Å². The second kappa shape index (κ2) is 5.38. The maximum Gasteiger partial charge on any atom is 0.224 e. The minimum Gasteiger partial charge on any atom is -0.343 e. The van der Waals surface area contributed by atoms with E-state index in [0.29, 0.717) is 18.4 Å². The van der Waals surface area contributed by atoms with Crippen molar-refractivity contribution >= 4 is 5.91 Å². The molecule has 1 unspecified atom stereocenters. The molecule has 0 aliphatic heterocycles. The van der Waals surface area contributed by atoms with Crippen molar-refractivity contribution in [3.63, 3.8) is 0 Å². The van der Waals surface area contributed by atoms with E-state index in [1.165, 1.54) is 38.5 Å². The molecular weight excluding hydrogens is 212 g/mol. The van der Waals surface area contributed by atoms with Gasteiger partial charge in [-0.25, -0.2) is 0 Å². The van der Waals surface area contributed by atoms with Crippen LogP contribution in [-0.2, 0) is 4.79 Å². The Kier molecular flexibility index (Phi) is 4.08. The van der Waals surface area contributed by atoms with Gasteiger partial charge in [0.2, 0.25) is 5.91 Å². The molecule has 0 aromatic heterocycles. The Labute approximate surface area is 105 Å². The molecule has 0 saturated heterocycles. The number of hydrogen-bond acceptors (Lipinski definition) is 2. The van der Waals surface area contributed by atoms with Gasteiger partial charge in [0.1, 0.15) is 0 Å². The Morgan fingerprint density at radius 3 is 2.35 bits per heavy atom. The van der Waals surface area contributed by atoms with E-state index in [0.717, 1.165) is 5.92 Å². The lowest BCUT2D eigenvalue weighted by Gasteiger charge is -2.34. The third-order valence-corrected chi connectivity index (χ3v) is 4.56. The maximum atomic E-state index is 12.1. The summed E-state index contributed by atoms with van der Waals surface area (Å²) < 4.78 is 0. The van der Waals surface area contributed by atoms with Gasteiger partial charge in [0.25, 0.3) is 0 Å².